The number of hydrogen-bond acceptors (Lipinski definition) is 4. The SMILES string of the molecule is CCOCCC1(CNc2nc(C)nc3c2CCCC3)CCC1. The standard InChI is InChI=1S/C18H29N3O/c1-3-22-12-11-18(9-6-10-18)13-19-17-15-7-4-5-8-16(15)20-14(2)21-17/h3-13H2,1-2H3,(H,19,20,21). The number of aryl methyl sites for hydroxylation is 2. The molecule has 0 aliphatic heterocycles. The van der Waals surface area contributed by atoms with E-state index in [1.54, 1.807) is 0 Å². The molecule has 1 aromatic rings. The van der Waals surface area contributed by atoms with Crippen molar-refractivity contribution >= 4 is 5.82 Å². The van der Waals surface area contributed by atoms with Crippen LogP contribution in [0.3, 0.4) is 0 Å². The van der Waals surface area contributed by atoms with Crippen molar-refractivity contribution in [3.05, 3.63) is 17.1 Å². The zero-order chi connectivity index (χ0) is 15.4. The Morgan fingerprint density at radius 2 is 1.95 bits per heavy atom. The molecule has 1 N–H and O–H groups in total. The molecule has 1 heterocycles. The van der Waals surface area contributed by atoms with E-state index in [1.807, 2.05) is 6.92 Å². The molecule has 1 fully saturated rings. The van der Waals surface area contributed by atoms with Crippen molar-refractivity contribution in [2.45, 2.75) is 65.2 Å². The first-order valence-corrected chi connectivity index (χ1v) is 8.90. The van der Waals surface area contributed by atoms with Gasteiger partial charge < -0.3 is 10.1 Å². The van der Waals surface area contributed by atoms with Crippen LogP contribution >= 0.6 is 0 Å². The predicted octanol–water partition coefficient (Wildman–Crippen LogP) is 3.67. The molecule has 0 saturated heterocycles. The van der Waals surface area contributed by atoms with Gasteiger partial charge in [-0.15, -0.1) is 0 Å². The fourth-order valence-corrected chi connectivity index (χ4v) is 3.76. The Kier molecular flexibility index (Phi) is 4.97. The Labute approximate surface area is 134 Å². The second-order valence-electron chi connectivity index (χ2n) is 6.91. The zero-order valence-electron chi connectivity index (χ0n) is 14.1. The van der Waals surface area contributed by atoms with Gasteiger partial charge in [0, 0.05) is 31.0 Å². The Morgan fingerprint density at radius 1 is 1.14 bits per heavy atom. The number of ether oxygens (including phenoxy) is 1. The van der Waals surface area contributed by atoms with Gasteiger partial charge in [-0.3, -0.25) is 0 Å². The highest BCUT2D eigenvalue weighted by molar-refractivity contribution is 5.48. The Bertz CT molecular complexity index is 511. The van der Waals surface area contributed by atoms with Crippen LogP contribution < -0.4 is 5.32 Å². The predicted molar refractivity (Wildman–Crippen MR) is 89.3 cm³/mol. The monoisotopic (exact) mass is 303 g/mol. The summed E-state index contributed by atoms with van der Waals surface area (Å²) in [5, 5.41) is 3.68. The minimum atomic E-state index is 0.426. The third-order valence-electron chi connectivity index (χ3n) is 5.32. The number of nitrogens with one attached hydrogen (secondary N) is 1. The lowest BCUT2D eigenvalue weighted by Gasteiger charge is -2.42. The van der Waals surface area contributed by atoms with Crippen molar-refractivity contribution in [3.8, 4) is 0 Å². The molecule has 22 heavy (non-hydrogen) atoms. The molecule has 3 rings (SSSR count). The largest absolute Gasteiger partial charge is 0.382 e. The van der Waals surface area contributed by atoms with Gasteiger partial charge in [0.05, 0.1) is 0 Å². The third-order valence-corrected chi connectivity index (χ3v) is 5.32. The number of nitrogens with zero attached hydrogens (tertiary/aromatic N) is 2. The van der Waals surface area contributed by atoms with E-state index in [1.165, 1.54) is 49.8 Å². The first-order chi connectivity index (χ1) is 10.7. The maximum absolute atomic E-state index is 5.57. The van der Waals surface area contributed by atoms with Crippen molar-refractivity contribution in [2.24, 2.45) is 5.41 Å². The van der Waals surface area contributed by atoms with Crippen molar-refractivity contribution in [1.29, 1.82) is 0 Å². The van der Waals surface area contributed by atoms with Gasteiger partial charge in [-0.25, -0.2) is 9.97 Å². The van der Waals surface area contributed by atoms with Crippen molar-refractivity contribution < 1.29 is 4.74 Å². The average Bonchev–Trinajstić information content (AvgIpc) is 2.48. The highest BCUT2D eigenvalue weighted by Gasteiger charge is 2.36. The van der Waals surface area contributed by atoms with Crippen LogP contribution in [0.15, 0.2) is 0 Å². The molecule has 0 amide bonds. The van der Waals surface area contributed by atoms with Gasteiger partial charge in [0.25, 0.3) is 0 Å². The summed E-state index contributed by atoms with van der Waals surface area (Å²) < 4.78 is 5.57. The molecule has 4 nitrogen and oxygen atoms in total. The van der Waals surface area contributed by atoms with E-state index in [0.29, 0.717) is 5.41 Å². The molecule has 0 spiro atoms. The van der Waals surface area contributed by atoms with Crippen LogP contribution in [0.25, 0.3) is 0 Å². The molecule has 0 aromatic carbocycles. The normalized spacial score (nSPS) is 19.4. The molecule has 122 valence electrons. The third kappa shape index (κ3) is 3.43. The summed E-state index contributed by atoms with van der Waals surface area (Å²) in [6.07, 6.45) is 9.94. The highest BCUT2D eigenvalue weighted by atomic mass is 16.5. The summed E-state index contributed by atoms with van der Waals surface area (Å²) in [5.74, 6) is 2.00. The first kappa shape index (κ1) is 15.7. The molecule has 2 aliphatic rings. The van der Waals surface area contributed by atoms with Crippen LogP contribution in [-0.2, 0) is 17.6 Å². The number of fused-ring (bicyclic) bond motifs is 1. The second-order valence-corrected chi connectivity index (χ2v) is 6.91. The summed E-state index contributed by atoms with van der Waals surface area (Å²) in [6.45, 7) is 6.82. The molecular weight excluding hydrogens is 274 g/mol. The van der Waals surface area contributed by atoms with E-state index < -0.39 is 0 Å². The fraction of sp³-hybridized carbons (Fsp3) is 0.778. The van der Waals surface area contributed by atoms with E-state index >= 15 is 0 Å². The van der Waals surface area contributed by atoms with E-state index in [0.717, 1.165) is 44.2 Å². The van der Waals surface area contributed by atoms with E-state index in [4.69, 9.17) is 9.72 Å². The van der Waals surface area contributed by atoms with Gasteiger partial charge in [-0.05, 0) is 64.2 Å². The smallest absolute Gasteiger partial charge is 0.133 e. The van der Waals surface area contributed by atoms with Crippen LogP contribution in [0, 0.1) is 12.3 Å². The minimum absolute atomic E-state index is 0.426. The summed E-state index contributed by atoms with van der Waals surface area (Å²) in [6, 6.07) is 0. The Balaban J connectivity index is 1.66. The summed E-state index contributed by atoms with van der Waals surface area (Å²) >= 11 is 0. The number of aromatic nitrogens is 2. The maximum Gasteiger partial charge on any atom is 0.133 e. The van der Waals surface area contributed by atoms with Gasteiger partial charge >= 0.3 is 0 Å². The van der Waals surface area contributed by atoms with Gasteiger partial charge in [-0.1, -0.05) is 6.42 Å². The van der Waals surface area contributed by atoms with Crippen LogP contribution in [-0.4, -0.2) is 29.7 Å². The number of rotatable bonds is 7. The fourth-order valence-electron chi connectivity index (χ4n) is 3.76. The molecule has 0 unspecified atom stereocenters. The van der Waals surface area contributed by atoms with E-state index in [2.05, 4.69) is 17.2 Å². The van der Waals surface area contributed by atoms with Crippen LogP contribution in [0.1, 0.15) is 62.5 Å². The molecule has 1 saturated carbocycles. The zero-order valence-corrected chi connectivity index (χ0v) is 14.1. The molecule has 0 bridgehead atoms. The van der Waals surface area contributed by atoms with Crippen LogP contribution in [0.2, 0.25) is 0 Å². The van der Waals surface area contributed by atoms with Gasteiger partial charge in [0.15, 0.2) is 0 Å². The van der Waals surface area contributed by atoms with Crippen LogP contribution in [0.5, 0.6) is 0 Å². The van der Waals surface area contributed by atoms with Crippen molar-refractivity contribution in [1.82, 2.24) is 9.97 Å². The lowest BCUT2D eigenvalue weighted by atomic mass is 9.66. The lowest BCUT2D eigenvalue weighted by Crippen LogP contribution is -2.38. The average molecular weight is 303 g/mol. The number of anilines is 1. The highest BCUT2D eigenvalue weighted by Crippen LogP contribution is 2.44. The van der Waals surface area contributed by atoms with Gasteiger partial charge in [0.1, 0.15) is 11.6 Å². The van der Waals surface area contributed by atoms with Crippen LogP contribution in [0.4, 0.5) is 5.82 Å². The molecule has 0 atom stereocenters. The summed E-state index contributed by atoms with van der Waals surface area (Å²) in [5.41, 5.74) is 3.07. The van der Waals surface area contributed by atoms with Gasteiger partial charge in [-0.2, -0.15) is 0 Å². The van der Waals surface area contributed by atoms with Crippen molar-refractivity contribution in [3.63, 3.8) is 0 Å². The minimum Gasteiger partial charge on any atom is -0.382 e. The maximum atomic E-state index is 5.57. The molecule has 0 radical (unpaired) electrons. The van der Waals surface area contributed by atoms with E-state index in [9.17, 15) is 0 Å². The molecule has 2 aliphatic carbocycles. The topological polar surface area (TPSA) is 47.0 Å². The number of hydrogen-bond donors (Lipinski definition) is 1. The molecular formula is C18H29N3O. The lowest BCUT2D eigenvalue weighted by molar-refractivity contribution is 0.0635. The van der Waals surface area contributed by atoms with Crippen molar-refractivity contribution in [2.75, 3.05) is 25.1 Å². The second kappa shape index (κ2) is 6.95. The van der Waals surface area contributed by atoms with E-state index in [-0.39, 0.29) is 0 Å². The summed E-state index contributed by atoms with van der Waals surface area (Å²) in [7, 11) is 0. The molecule has 4 heteroatoms. The molecule has 1 aromatic heterocycles. The summed E-state index contributed by atoms with van der Waals surface area (Å²) in [4.78, 5) is 9.33. The first-order valence-electron chi connectivity index (χ1n) is 8.90. The van der Waals surface area contributed by atoms with Gasteiger partial charge in [0.2, 0.25) is 0 Å². The Hall–Kier alpha value is -1.16. The Morgan fingerprint density at radius 3 is 2.68 bits per heavy atom. The quantitative estimate of drug-likeness (QED) is 0.781.